The van der Waals surface area contributed by atoms with E-state index in [1.165, 1.54) is 11.3 Å². The van der Waals surface area contributed by atoms with Crippen molar-refractivity contribution in [2.24, 2.45) is 5.73 Å². The van der Waals surface area contributed by atoms with Crippen molar-refractivity contribution in [3.8, 4) is 0 Å². The minimum Gasteiger partial charge on any atom is -0.335 e. The van der Waals surface area contributed by atoms with E-state index in [4.69, 9.17) is 5.73 Å². The van der Waals surface area contributed by atoms with Gasteiger partial charge in [0.2, 0.25) is 0 Å². The molecule has 0 spiro atoms. The first-order valence-electron chi connectivity index (χ1n) is 5.41. The normalized spacial score (nSPS) is 10.6. The summed E-state index contributed by atoms with van der Waals surface area (Å²) in [6, 6.07) is 0. The van der Waals surface area contributed by atoms with Gasteiger partial charge in [0.25, 0.3) is 5.91 Å². The lowest BCUT2D eigenvalue weighted by Gasteiger charge is -2.14. The Labute approximate surface area is 113 Å². The number of carbonyl (C=O) groups is 1. The van der Waals surface area contributed by atoms with Crippen LogP contribution in [-0.2, 0) is 13.1 Å². The number of rotatable bonds is 4. The average Bonchev–Trinajstić information content (AvgIpc) is 2.97. The van der Waals surface area contributed by atoms with E-state index >= 15 is 0 Å². The fourth-order valence-electron chi connectivity index (χ4n) is 1.48. The zero-order chi connectivity index (χ0) is 13.1. The fourth-order valence-corrected chi connectivity index (χ4v) is 2.98. The molecule has 1 amide bonds. The summed E-state index contributed by atoms with van der Waals surface area (Å²) in [4.78, 5) is 23.2. The largest absolute Gasteiger partial charge is 0.335 e. The van der Waals surface area contributed by atoms with Crippen LogP contribution in [0.5, 0.6) is 0 Å². The quantitative estimate of drug-likeness (QED) is 0.925. The lowest BCUT2D eigenvalue weighted by Crippen LogP contribution is -2.26. The molecule has 0 bridgehead atoms. The monoisotopic (exact) mass is 282 g/mol. The van der Waals surface area contributed by atoms with E-state index in [1.807, 2.05) is 6.92 Å². The van der Waals surface area contributed by atoms with Gasteiger partial charge in [-0.15, -0.1) is 22.7 Å². The molecule has 2 heterocycles. The molecule has 0 fully saturated rings. The van der Waals surface area contributed by atoms with E-state index in [2.05, 4.69) is 9.97 Å². The molecular weight excluding hydrogens is 268 g/mol. The van der Waals surface area contributed by atoms with Crippen LogP contribution in [0.2, 0.25) is 0 Å². The first-order chi connectivity index (χ1) is 8.60. The van der Waals surface area contributed by atoms with Gasteiger partial charge in [-0.2, -0.15) is 0 Å². The lowest BCUT2D eigenvalue weighted by molar-refractivity contribution is 0.0781. The number of aromatic nitrogens is 2. The minimum atomic E-state index is -0.0861. The lowest BCUT2D eigenvalue weighted by atomic mass is 10.4. The standard InChI is InChI=1S/C11H14N4OS2/c1-7-13-4-8(18-7)5-15(2)11(16)9-6-17-10(3-12)14-9/h4,6H,3,5,12H2,1-2H3. The zero-order valence-corrected chi connectivity index (χ0v) is 11.8. The second-order valence-corrected chi connectivity index (χ2v) is 6.10. The highest BCUT2D eigenvalue weighted by molar-refractivity contribution is 7.11. The molecule has 0 aliphatic rings. The fraction of sp³-hybridized carbons (Fsp3) is 0.364. The van der Waals surface area contributed by atoms with Gasteiger partial charge in [0.15, 0.2) is 0 Å². The van der Waals surface area contributed by atoms with Crippen molar-refractivity contribution in [1.29, 1.82) is 0 Å². The van der Waals surface area contributed by atoms with Gasteiger partial charge in [-0.05, 0) is 6.92 Å². The van der Waals surface area contributed by atoms with Gasteiger partial charge in [-0.3, -0.25) is 4.79 Å². The average molecular weight is 282 g/mol. The molecule has 0 saturated carbocycles. The minimum absolute atomic E-state index is 0.0861. The number of aryl methyl sites for hydroxylation is 1. The second kappa shape index (κ2) is 5.55. The first-order valence-corrected chi connectivity index (χ1v) is 7.11. The van der Waals surface area contributed by atoms with E-state index in [9.17, 15) is 4.79 Å². The summed E-state index contributed by atoms with van der Waals surface area (Å²) in [6.45, 7) is 2.87. The number of hydrogen-bond acceptors (Lipinski definition) is 6. The Hall–Kier alpha value is -1.31. The summed E-state index contributed by atoms with van der Waals surface area (Å²) in [5.41, 5.74) is 5.94. The molecule has 2 aromatic rings. The predicted octanol–water partition coefficient (Wildman–Crippen LogP) is 1.64. The van der Waals surface area contributed by atoms with Crippen molar-refractivity contribution in [1.82, 2.24) is 14.9 Å². The Morgan fingerprint density at radius 3 is 2.89 bits per heavy atom. The maximum atomic E-state index is 12.1. The zero-order valence-electron chi connectivity index (χ0n) is 10.2. The molecular formula is C11H14N4OS2. The number of thiazole rings is 2. The summed E-state index contributed by atoms with van der Waals surface area (Å²) < 4.78 is 0. The Balaban J connectivity index is 2.04. The Morgan fingerprint density at radius 1 is 1.56 bits per heavy atom. The van der Waals surface area contributed by atoms with Gasteiger partial charge in [0.05, 0.1) is 11.6 Å². The van der Waals surface area contributed by atoms with Crippen molar-refractivity contribution in [3.05, 3.63) is 32.2 Å². The van der Waals surface area contributed by atoms with Crippen LogP contribution in [0.15, 0.2) is 11.6 Å². The number of carbonyl (C=O) groups excluding carboxylic acids is 1. The smallest absolute Gasteiger partial charge is 0.273 e. The number of nitrogens with two attached hydrogens (primary N) is 1. The molecule has 5 nitrogen and oxygen atoms in total. The van der Waals surface area contributed by atoms with Crippen LogP contribution in [0.4, 0.5) is 0 Å². The summed E-state index contributed by atoms with van der Waals surface area (Å²) >= 11 is 3.01. The van der Waals surface area contributed by atoms with Gasteiger partial charge >= 0.3 is 0 Å². The molecule has 18 heavy (non-hydrogen) atoms. The van der Waals surface area contributed by atoms with Crippen molar-refractivity contribution >= 4 is 28.6 Å². The molecule has 0 radical (unpaired) electrons. The molecule has 2 N–H and O–H groups in total. The Kier molecular flexibility index (Phi) is 4.05. The third kappa shape index (κ3) is 2.92. The summed E-state index contributed by atoms with van der Waals surface area (Å²) in [6.07, 6.45) is 1.80. The third-order valence-corrected chi connectivity index (χ3v) is 4.12. The molecule has 0 unspecified atom stereocenters. The first kappa shape index (κ1) is 13.1. The van der Waals surface area contributed by atoms with E-state index in [-0.39, 0.29) is 5.91 Å². The van der Waals surface area contributed by atoms with Crippen molar-refractivity contribution in [3.63, 3.8) is 0 Å². The molecule has 7 heteroatoms. The van der Waals surface area contributed by atoms with Gasteiger partial charge < -0.3 is 10.6 Å². The van der Waals surface area contributed by atoms with E-state index < -0.39 is 0 Å². The van der Waals surface area contributed by atoms with Crippen LogP contribution in [0.25, 0.3) is 0 Å². The van der Waals surface area contributed by atoms with Crippen LogP contribution in [0, 0.1) is 6.92 Å². The molecule has 0 aliphatic heterocycles. The molecule has 0 saturated heterocycles. The van der Waals surface area contributed by atoms with E-state index in [0.29, 0.717) is 18.8 Å². The van der Waals surface area contributed by atoms with E-state index in [0.717, 1.165) is 14.9 Å². The van der Waals surface area contributed by atoms with Crippen LogP contribution in [0.1, 0.15) is 25.4 Å². The van der Waals surface area contributed by atoms with Crippen LogP contribution in [0.3, 0.4) is 0 Å². The van der Waals surface area contributed by atoms with Crippen molar-refractivity contribution < 1.29 is 4.79 Å². The topological polar surface area (TPSA) is 72.1 Å². The molecule has 0 atom stereocenters. The summed E-state index contributed by atoms with van der Waals surface area (Å²) in [5.74, 6) is -0.0861. The van der Waals surface area contributed by atoms with E-state index in [1.54, 1.807) is 34.9 Å². The van der Waals surface area contributed by atoms with Gasteiger partial charge in [-0.25, -0.2) is 9.97 Å². The molecule has 2 rings (SSSR count). The van der Waals surface area contributed by atoms with Crippen LogP contribution in [-0.4, -0.2) is 27.8 Å². The highest BCUT2D eigenvalue weighted by Crippen LogP contribution is 2.16. The highest BCUT2D eigenvalue weighted by atomic mass is 32.1. The second-order valence-electron chi connectivity index (χ2n) is 3.84. The molecule has 0 aromatic carbocycles. The van der Waals surface area contributed by atoms with Crippen LogP contribution < -0.4 is 5.73 Å². The maximum absolute atomic E-state index is 12.1. The van der Waals surface area contributed by atoms with Crippen molar-refractivity contribution in [2.75, 3.05) is 7.05 Å². The predicted molar refractivity (Wildman–Crippen MR) is 72.7 cm³/mol. The number of nitrogens with zero attached hydrogens (tertiary/aromatic N) is 3. The molecule has 96 valence electrons. The Bertz CT molecular complexity index is 549. The Morgan fingerprint density at radius 2 is 2.33 bits per heavy atom. The number of amides is 1. The summed E-state index contributed by atoms with van der Waals surface area (Å²) in [7, 11) is 1.76. The van der Waals surface area contributed by atoms with Gasteiger partial charge in [0, 0.05) is 30.0 Å². The summed E-state index contributed by atoms with van der Waals surface area (Å²) in [5, 5.41) is 3.53. The van der Waals surface area contributed by atoms with Gasteiger partial charge in [0.1, 0.15) is 10.7 Å². The van der Waals surface area contributed by atoms with Gasteiger partial charge in [-0.1, -0.05) is 0 Å². The molecule has 2 aromatic heterocycles. The molecule has 0 aliphatic carbocycles. The highest BCUT2D eigenvalue weighted by Gasteiger charge is 2.16. The van der Waals surface area contributed by atoms with Crippen molar-refractivity contribution in [2.45, 2.75) is 20.0 Å². The SMILES string of the molecule is Cc1ncc(CN(C)C(=O)c2csc(CN)n2)s1. The number of hydrogen-bond donors (Lipinski definition) is 1. The maximum Gasteiger partial charge on any atom is 0.273 e. The van der Waals surface area contributed by atoms with Crippen LogP contribution >= 0.6 is 22.7 Å². The third-order valence-electron chi connectivity index (χ3n) is 2.35.